The van der Waals surface area contributed by atoms with Crippen LogP contribution in [-0.2, 0) is 0 Å². The summed E-state index contributed by atoms with van der Waals surface area (Å²) in [6.45, 7) is 1.90. The lowest BCUT2D eigenvalue weighted by molar-refractivity contribution is 0.152. The first-order chi connectivity index (χ1) is 12.7. The van der Waals surface area contributed by atoms with Crippen LogP contribution in [0, 0.1) is 6.92 Å². The van der Waals surface area contributed by atoms with E-state index in [-0.39, 0.29) is 6.10 Å². The molecule has 0 unspecified atom stereocenters. The highest BCUT2D eigenvalue weighted by molar-refractivity contribution is 5.84. The Morgan fingerprint density at radius 3 is 2.65 bits per heavy atom. The van der Waals surface area contributed by atoms with Crippen molar-refractivity contribution in [1.29, 1.82) is 0 Å². The Morgan fingerprint density at radius 2 is 1.85 bits per heavy atom. The molecule has 4 rings (SSSR count). The average molecular weight is 350 g/mol. The van der Waals surface area contributed by atoms with Crippen molar-refractivity contribution in [1.82, 2.24) is 19.9 Å². The van der Waals surface area contributed by atoms with E-state index < -0.39 is 0 Å². The lowest BCUT2D eigenvalue weighted by Crippen LogP contribution is -2.31. The van der Waals surface area contributed by atoms with E-state index in [0.29, 0.717) is 11.7 Å². The molecule has 0 bridgehead atoms. The first-order valence-corrected chi connectivity index (χ1v) is 8.90. The van der Waals surface area contributed by atoms with Crippen LogP contribution in [0.4, 0.5) is 11.5 Å². The molecule has 1 aliphatic carbocycles. The molecule has 0 spiro atoms. The maximum Gasteiger partial charge on any atom is 0.149 e. The molecule has 1 aliphatic rings. The van der Waals surface area contributed by atoms with Crippen LogP contribution in [0.15, 0.2) is 36.8 Å². The number of aromatic nitrogens is 4. The lowest BCUT2D eigenvalue weighted by Gasteiger charge is -2.30. The zero-order valence-electron chi connectivity index (χ0n) is 14.7. The van der Waals surface area contributed by atoms with Gasteiger partial charge in [-0.2, -0.15) is 0 Å². The summed E-state index contributed by atoms with van der Waals surface area (Å²) in [7, 11) is 0. The standard InChI is InChI=1S/C19H22N6O/c1-12-21-7-6-18(24-12)25-14-2-4-15(5-3-14)26-17-11-13(20)10-16-19(17)23-9-8-22-16/h6-11,14-15H,2-5,20H2,1H3,(H,21,24,25). The number of aryl methyl sites for hydroxylation is 1. The molecule has 0 saturated heterocycles. The molecule has 26 heavy (non-hydrogen) atoms. The molecule has 7 heteroatoms. The minimum Gasteiger partial charge on any atom is -0.488 e. The SMILES string of the molecule is Cc1nccc(NC2CCC(Oc3cc(N)cc4nccnc34)CC2)n1. The molecule has 0 amide bonds. The number of benzene rings is 1. The van der Waals surface area contributed by atoms with E-state index in [4.69, 9.17) is 10.5 Å². The fourth-order valence-electron chi connectivity index (χ4n) is 3.40. The van der Waals surface area contributed by atoms with Gasteiger partial charge in [0.25, 0.3) is 0 Å². The van der Waals surface area contributed by atoms with Crippen LogP contribution < -0.4 is 15.8 Å². The molecule has 2 aromatic heterocycles. The van der Waals surface area contributed by atoms with Crippen molar-refractivity contribution in [3.63, 3.8) is 0 Å². The number of nitrogens with zero attached hydrogens (tertiary/aromatic N) is 4. The predicted molar refractivity (Wildman–Crippen MR) is 101 cm³/mol. The summed E-state index contributed by atoms with van der Waals surface area (Å²) >= 11 is 0. The van der Waals surface area contributed by atoms with Crippen molar-refractivity contribution in [2.45, 2.75) is 44.8 Å². The van der Waals surface area contributed by atoms with Gasteiger partial charge in [-0.1, -0.05) is 0 Å². The van der Waals surface area contributed by atoms with Gasteiger partial charge in [0.15, 0.2) is 0 Å². The van der Waals surface area contributed by atoms with E-state index in [1.165, 1.54) is 0 Å². The van der Waals surface area contributed by atoms with Crippen LogP contribution in [0.5, 0.6) is 5.75 Å². The molecule has 1 saturated carbocycles. The van der Waals surface area contributed by atoms with Gasteiger partial charge in [0.2, 0.25) is 0 Å². The number of anilines is 2. The summed E-state index contributed by atoms with van der Waals surface area (Å²) in [5, 5.41) is 3.50. The molecule has 3 N–H and O–H groups in total. The summed E-state index contributed by atoms with van der Waals surface area (Å²) in [5.41, 5.74) is 8.14. The third kappa shape index (κ3) is 3.66. The van der Waals surface area contributed by atoms with E-state index in [9.17, 15) is 0 Å². The molecule has 2 heterocycles. The van der Waals surface area contributed by atoms with Gasteiger partial charge in [0.1, 0.15) is 22.9 Å². The van der Waals surface area contributed by atoms with Crippen molar-refractivity contribution in [3.05, 3.63) is 42.6 Å². The van der Waals surface area contributed by atoms with Gasteiger partial charge < -0.3 is 15.8 Å². The number of hydrogen-bond acceptors (Lipinski definition) is 7. The number of nitrogens with one attached hydrogen (secondary N) is 1. The van der Waals surface area contributed by atoms with Crippen LogP contribution in [-0.4, -0.2) is 32.1 Å². The molecule has 1 fully saturated rings. The number of rotatable bonds is 4. The fraction of sp³-hybridized carbons (Fsp3) is 0.368. The minimum absolute atomic E-state index is 0.159. The van der Waals surface area contributed by atoms with Gasteiger partial charge >= 0.3 is 0 Å². The largest absolute Gasteiger partial charge is 0.488 e. The van der Waals surface area contributed by atoms with Crippen LogP contribution in [0.1, 0.15) is 31.5 Å². The summed E-state index contributed by atoms with van der Waals surface area (Å²) in [6.07, 6.45) is 9.28. The van der Waals surface area contributed by atoms with Crippen LogP contribution in [0.25, 0.3) is 11.0 Å². The van der Waals surface area contributed by atoms with Gasteiger partial charge in [-0.05, 0) is 44.7 Å². The quantitative estimate of drug-likeness (QED) is 0.697. The maximum absolute atomic E-state index is 6.23. The summed E-state index contributed by atoms with van der Waals surface area (Å²) in [6, 6.07) is 5.97. The lowest BCUT2D eigenvalue weighted by atomic mass is 9.93. The molecule has 7 nitrogen and oxygen atoms in total. The highest BCUT2D eigenvalue weighted by Crippen LogP contribution is 2.30. The van der Waals surface area contributed by atoms with Crippen LogP contribution in [0.3, 0.4) is 0 Å². The van der Waals surface area contributed by atoms with Crippen molar-refractivity contribution in [3.8, 4) is 5.75 Å². The number of ether oxygens (including phenoxy) is 1. The second-order valence-corrected chi connectivity index (χ2v) is 6.67. The number of nitrogens with two attached hydrogens (primary N) is 1. The van der Waals surface area contributed by atoms with Crippen molar-refractivity contribution in [2.24, 2.45) is 0 Å². The Morgan fingerprint density at radius 1 is 1.04 bits per heavy atom. The van der Waals surface area contributed by atoms with E-state index in [0.717, 1.165) is 54.1 Å². The summed E-state index contributed by atoms with van der Waals surface area (Å²) < 4.78 is 6.23. The Hall–Kier alpha value is -2.96. The van der Waals surface area contributed by atoms with E-state index in [1.807, 2.05) is 25.1 Å². The van der Waals surface area contributed by atoms with E-state index in [1.54, 1.807) is 18.6 Å². The average Bonchev–Trinajstić information content (AvgIpc) is 2.63. The highest BCUT2D eigenvalue weighted by Gasteiger charge is 2.23. The molecular formula is C19H22N6O. The summed E-state index contributed by atoms with van der Waals surface area (Å²) in [4.78, 5) is 17.3. The third-order valence-electron chi connectivity index (χ3n) is 4.66. The summed E-state index contributed by atoms with van der Waals surface area (Å²) in [5.74, 6) is 2.39. The smallest absolute Gasteiger partial charge is 0.149 e. The van der Waals surface area contributed by atoms with Gasteiger partial charge in [0, 0.05) is 36.4 Å². The third-order valence-corrected chi connectivity index (χ3v) is 4.66. The van der Waals surface area contributed by atoms with Gasteiger partial charge in [-0.3, -0.25) is 4.98 Å². The number of nitrogen functional groups attached to an aromatic ring is 1. The molecule has 134 valence electrons. The first-order valence-electron chi connectivity index (χ1n) is 8.90. The van der Waals surface area contributed by atoms with Gasteiger partial charge in [-0.15, -0.1) is 0 Å². The van der Waals surface area contributed by atoms with Crippen LogP contribution in [0.2, 0.25) is 0 Å². The second-order valence-electron chi connectivity index (χ2n) is 6.67. The van der Waals surface area contributed by atoms with Crippen molar-refractivity contribution >= 4 is 22.5 Å². The van der Waals surface area contributed by atoms with Crippen molar-refractivity contribution in [2.75, 3.05) is 11.1 Å². The predicted octanol–water partition coefficient (Wildman–Crippen LogP) is 3.11. The van der Waals surface area contributed by atoms with Crippen LogP contribution >= 0.6 is 0 Å². The zero-order valence-corrected chi connectivity index (χ0v) is 14.7. The minimum atomic E-state index is 0.159. The van der Waals surface area contributed by atoms with E-state index in [2.05, 4.69) is 25.3 Å². The molecule has 0 radical (unpaired) electrons. The number of hydrogen-bond donors (Lipinski definition) is 2. The Kier molecular flexibility index (Phi) is 4.51. The highest BCUT2D eigenvalue weighted by atomic mass is 16.5. The Bertz CT molecular complexity index is 907. The second kappa shape index (κ2) is 7.11. The number of fused-ring (bicyclic) bond motifs is 1. The molecule has 1 aromatic carbocycles. The van der Waals surface area contributed by atoms with E-state index >= 15 is 0 Å². The monoisotopic (exact) mass is 350 g/mol. The molecule has 3 aromatic rings. The zero-order chi connectivity index (χ0) is 17.9. The Labute approximate surface area is 152 Å². The molecule has 0 aliphatic heterocycles. The van der Waals surface area contributed by atoms with Gasteiger partial charge in [0.05, 0.1) is 11.6 Å². The molecule has 0 atom stereocenters. The topological polar surface area (TPSA) is 98.8 Å². The Balaban J connectivity index is 1.40. The van der Waals surface area contributed by atoms with Crippen molar-refractivity contribution < 1.29 is 4.74 Å². The van der Waals surface area contributed by atoms with Gasteiger partial charge in [-0.25, -0.2) is 15.0 Å². The normalized spacial score (nSPS) is 20.0. The first kappa shape index (κ1) is 16.5. The fourth-order valence-corrected chi connectivity index (χ4v) is 3.40. The maximum atomic E-state index is 6.23. The molecular weight excluding hydrogens is 328 g/mol.